The van der Waals surface area contributed by atoms with Crippen molar-refractivity contribution in [2.75, 3.05) is 13.6 Å². The van der Waals surface area contributed by atoms with E-state index in [1.54, 1.807) is 12.1 Å². The molecule has 66 valence electrons. The van der Waals surface area contributed by atoms with E-state index in [2.05, 4.69) is 5.32 Å². The van der Waals surface area contributed by atoms with Crippen molar-refractivity contribution in [2.24, 2.45) is 5.73 Å². The molecule has 3 heteroatoms. The van der Waals surface area contributed by atoms with E-state index in [0.29, 0.717) is 6.54 Å². The monoisotopic (exact) mass is 168 g/mol. The molecule has 0 saturated carbocycles. The Bertz CT molecular complexity index is 229. The van der Waals surface area contributed by atoms with E-state index >= 15 is 0 Å². The number of likely N-dealkylation sites (N-methyl/N-ethyl adjacent to an activating group) is 1. The highest BCUT2D eigenvalue weighted by molar-refractivity contribution is 5.19. The molecule has 0 fully saturated rings. The Morgan fingerprint density at radius 2 is 2.00 bits per heavy atom. The molecule has 3 N–H and O–H groups in total. The van der Waals surface area contributed by atoms with E-state index in [0.717, 1.165) is 5.56 Å². The van der Waals surface area contributed by atoms with Gasteiger partial charge in [-0.3, -0.25) is 0 Å². The van der Waals surface area contributed by atoms with Gasteiger partial charge < -0.3 is 11.1 Å². The highest BCUT2D eigenvalue weighted by Gasteiger charge is 2.05. The van der Waals surface area contributed by atoms with Gasteiger partial charge in [-0.05, 0) is 24.7 Å². The van der Waals surface area contributed by atoms with Gasteiger partial charge in [0.1, 0.15) is 5.82 Å². The average Bonchev–Trinajstić information content (AvgIpc) is 2.10. The van der Waals surface area contributed by atoms with Crippen molar-refractivity contribution in [3.63, 3.8) is 0 Å². The lowest BCUT2D eigenvalue weighted by Crippen LogP contribution is -2.24. The first-order valence-electron chi connectivity index (χ1n) is 3.90. The molecule has 0 saturated heterocycles. The second-order valence-electron chi connectivity index (χ2n) is 2.63. The largest absolute Gasteiger partial charge is 0.329 e. The third-order valence-electron chi connectivity index (χ3n) is 1.86. The molecule has 0 amide bonds. The van der Waals surface area contributed by atoms with E-state index in [4.69, 9.17) is 5.73 Å². The third-order valence-corrected chi connectivity index (χ3v) is 1.86. The van der Waals surface area contributed by atoms with Gasteiger partial charge in [-0.15, -0.1) is 0 Å². The number of halogens is 1. The number of hydrogen-bond donors (Lipinski definition) is 2. The quantitative estimate of drug-likeness (QED) is 0.707. The van der Waals surface area contributed by atoms with Crippen LogP contribution in [-0.4, -0.2) is 13.6 Å². The molecule has 0 aliphatic carbocycles. The van der Waals surface area contributed by atoms with Crippen molar-refractivity contribution < 1.29 is 4.39 Å². The number of nitrogens with one attached hydrogen (secondary N) is 1. The molecule has 1 atom stereocenters. The molecule has 0 heterocycles. The topological polar surface area (TPSA) is 38.0 Å². The van der Waals surface area contributed by atoms with Gasteiger partial charge in [-0.25, -0.2) is 4.39 Å². The van der Waals surface area contributed by atoms with Gasteiger partial charge in [-0.2, -0.15) is 0 Å². The molecule has 1 aromatic carbocycles. The first kappa shape index (κ1) is 9.16. The Kier molecular flexibility index (Phi) is 3.19. The maximum Gasteiger partial charge on any atom is 0.123 e. The minimum atomic E-state index is -0.217. The van der Waals surface area contributed by atoms with Gasteiger partial charge in [0.05, 0.1) is 0 Å². The summed E-state index contributed by atoms with van der Waals surface area (Å²) >= 11 is 0. The van der Waals surface area contributed by atoms with E-state index in [1.807, 2.05) is 7.05 Å². The zero-order valence-corrected chi connectivity index (χ0v) is 7.05. The molecule has 2 nitrogen and oxygen atoms in total. The van der Waals surface area contributed by atoms with Crippen molar-refractivity contribution in [3.8, 4) is 0 Å². The van der Waals surface area contributed by atoms with Crippen LogP contribution in [0.1, 0.15) is 11.6 Å². The van der Waals surface area contributed by atoms with Crippen LogP contribution in [0.3, 0.4) is 0 Å². The zero-order valence-electron chi connectivity index (χ0n) is 7.05. The van der Waals surface area contributed by atoms with Gasteiger partial charge in [0.15, 0.2) is 0 Å². The minimum Gasteiger partial charge on any atom is -0.329 e. The molecule has 1 rings (SSSR count). The summed E-state index contributed by atoms with van der Waals surface area (Å²) in [6.07, 6.45) is 0. The van der Waals surface area contributed by atoms with Crippen LogP contribution < -0.4 is 11.1 Å². The molecule has 0 aliphatic heterocycles. The Hall–Kier alpha value is -0.930. The second kappa shape index (κ2) is 4.18. The zero-order chi connectivity index (χ0) is 8.97. The maximum absolute atomic E-state index is 12.5. The Morgan fingerprint density at radius 3 is 2.42 bits per heavy atom. The van der Waals surface area contributed by atoms with Crippen molar-refractivity contribution >= 4 is 0 Å². The fourth-order valence-corrected chi connectivity index (χ4v) is 1.12. The molecule has 0 radical (unpaired) electrons. The predicted octanol–water partition coefficient (Wildman–Crippen LogP) is 1.04. The summed E-state index contributed by atoms with van der Waals surface area (Å²) in [6, 6.07) is 6.47. The molecule has 0 aliphatic rings. The summed E-state index contributed by atoms with van der Waals surface area (Å²) in [4.78, 5) is 0. The minimum absolute atomic E-state index is 0.116. The second-order valence-corrected chi connectivity index (χ2v) is 2.63. The fraction of sp³-hybridized carbons (Fsp3) is 0.333. The van der Waals surface area contributed by atoms with E-state index < -0.39 is 0 Å². The van der Waals surface area contributed by atoms with Crippen molar-refractivity contribution in [2.45, 2.75) is 6.04 Å². The Balaban J connectivity index is 2.80. The average molecular weight is 168 g/mol. The SMILES string of the molecule is CNC(CN)c1ccc(F)cc1. The van der Waals surface area contributed by atoms with Crippen LogP contribution in [0.2, 0.25) is 0 Å². The molecule has 0 bridgehead atoms. The lowest BCUT2D eigenvalue weighted by Gasteiger charge is -2.13. The first-order valence-corrected chi connectivity index (χ1v) is 3.90. The summed E-state index contributed by atoms with van der Waals surface area (Å²) in [7, 11) is 1.83. The third kappa shape index (κ3) is 2.03. The van der Waals surface area contributed by atoms with Gasteiger partial charge >= 0.3 is 0 Å². The first-order chi connectivity index (χ1) is 5.77. The molecule has 0 spiro atoms. The summed E-state index contributed by atoms with van der Waals surface area (Å²) in [5.41, 5.74) is 6.51. The Labute approximate surface area is 71.6 Å². The van der Waals surface area contributed by atoms with Gasteiger partial charge in [0.25, 0.3) is 0 Å². The molecular formula is C9H13FN2. The highest BCUT2D eigenvalue weighted by Crippen LogP contribution is 2.11. The van der Waals surface area contributed by atoms with Gasteiger partial charge in [0.2, 0.25) is 0 Å². The number of benzene rings is 1. The normalized spacial score (nSPS) is 12.9. The van der Waals surface area contributed by atoms with Crippen LogP contribution >= 0.6 is 0 Å². The van der Waals surface area contributed by atoms with Crippen LogP contribution in [0.15, 0.2) is 24.3 Å². The lowest BCUT2D eigenvalue weighted by molar-refractivity contribution is 0.597. The predicted molar refractivity (Wildman–Crippen MR) is 47.3 cm³/mol. The van der Waals surface area contributed by atoms with Gasteiger partial charge in [0, 0.05) is 12.6 Å². The van der Waals surface area contributed by atoms with Crippen molar-refractivity contribution in [3.05, 3.63) is 35.6 Å². The van der Waals surface area contributed by atoms with Gasteiger partial charge in [-0.1, -0.05) is 12.1 Å². The number of nitrogens with two attached hydrogens (primary N) is 1. The van der Waals surface area contributed by atoms with Crippen molar-refractivity contribution in [1.29, 1.82) is 0 Å². The molecule has 1 unspecified atom stereocenters. The molecule has 12 heavy (non-hydrogen) atoms. The van der Waals surface area contributed by atoms with E-state index in [1.165, 1.54) is 12.1 Å². The van der Waals surface area contributed by atoms with Crippen molar-refractivity contribution in [1.82, 2.24) is 5.32 Å². The Morgan fingerprint density at radius 1 is 1.42 bits per heavy atom. The maximum atomic E-state index is 12.5. The molecular weight excluding hydrogens is 155 g/mol. The molecule has 1 aromatic rings. The van der Waals surface area contributed by atoms with Crippen LogP contribution in [-0.2, 0) is 0 Å². The summed E-state index contributed by atoms with van der Waals surface area (Å²) in [6.45, 7) is 0.516. The summed E-state index contributed by atoms with van der Waals surface area (Å²) in [5.74, 6) is -0.217. The van der Waals surface area contributed by atoms with Crippen LogP contribution in [0, 0.1) is 5.82 Å². The van der Waals surface area contributed by atoms with Crippen LogP contribution in [0.25, 0.3) is 0 Å². The fourth-order valence-electron chi connectivity index (χ4n) is 1.12. The van der Waals surface area contributed by atoms with E-state index in [-0.39, 0.29) is 11.9 Å². The number of rotatable bonds is 3. The number of hydrogen-bond acceptors (Lipinski definition) is 2. The van der Waals surface area contributed by atoms with E-state index in [9.17, 15) is 4.39 Å². The summed E-state index contributed by atoms with van der Waals surface area (Å²) in [5, 5.41) is 3.04. The van der Waals surface area contributed by atoms with Crippen LogP contribution in [0.5, 0.6) is 0 Å². The highest BCUT2D eigenvalue weighted by atomic mass is 19.1. The summed E-state index contributed by atoms with van der Waals surface area (Å²) < 4.78 is 12.5. The standard InChI is InChI=1S/C9H13FN2/c1-12-9(6-11)7-2-4-8(10)5-3-7/h2-5,9,12H,6,11H2,1H3. The lowest BCUT2D eigenvalue weighted by atomic mass is 10.1. The van der Waals surface area contributed by atoms with Crippen LogP contribution in [0.4, 0.5) is 4.39 Å². The smallest absolute Gasteiger partial charge is 0.123 e. The molecule has 0 aromatic heterocycles.